The van der Waals surface area contributed by atoms with Crippen molar-refractivity contribution >= 4 is 32.9 Å². The molecule has 9 nitrogen and oxygen atoms in total. The summed E-state index contributed by atoms with van der Waals surface area (Å²) < 4.78 is 22.8. The van der Waals surface area contributed by atoms with Crippen LogP contribution >= 0.6 is 11.3 Å². The Hall–Kier alpha value is -1.98. The highest BCUT2D eigenvalue weighted by molar-refractivity contribution is 7.91. The number of hydrogen-bond donors (Lipinski definition) is 4. The number of carbonyl (C=O) groups is 1. The van der Waals surface area contributed by atoms with Gasteiger partial charge in [0.1, 0.15) is 10.7 Å². The maximum atomic E-state index is 12.0. The fraction of sp³-hybridized carbons (Fsp3) is 0.417. The average molecular weight is 357 g/mol. The molecule has 2 aromatic heterocycles. The normalized spacial score (nSPS) is 22.8. The molecule has 3 heterocycles. The molecule has 23 heavy (non-hydrogen) atoms. The fourth-order valence-corrected chi connectivity index (χ4v) is 4.89. The van der Waals surface area contributed by atoms with Gasteiger partial charge in [-0.05, 0) is 6.42 Å². The highest BCUT2D eigenvalue weighted by Crippen LogP contribution is 2.27. The van der Waals surface area contributed by atoms with Gasteiger partial charge < -0.3 is 15.7 Å². The zero-order valence-corrected chi connectivity index (χ0v) is 13.6. The molecule has 4 N–H and O–H groups in total. The Morgan fingerprint density at radius 3 is 3.00 bits per heavy atom. The van der Waals surface area contributed by atoms with E-state index in [4.69, 9.17) is 0 Å². The van der Waals surface area contributed by atoms with Gasteiger partial charge in [0.25, 0.3) is 0 Å². The molecule has 1 aliphatic heterocycles. The van der Waals surface area contributed by atoms with Crippen molar-refractivity contribution in [1.82, 2.24) is 20.5 Å². The molecule has 3 rings (SSSR count). The van der Waals surface area contributed by atoms with Gasteiger partial charge >= 0.3 is 6.03 Å². The molecular formula is C12H15N5O4S2. The molecule has 0 spiro atoms. The van der Waals surface area contributed by atoms with Crippen LogP contribution in [0.3, 0.4) is 0 Å². The summed E-state index contributed by atoms with van der Waals surface area (Å²) in [4.78, 5) is 16.1. The van der Waals surface area contributed by atoms with Gasteiger partial charge in [-0.15, -0.1) is 11.3 Å². The molecule has 2 aromatic rings. The van der Waals surface area contributed by atoms with Crippen LogP contribution in [0.15, 0.2) is 17.8 Å². The average Bonchev–Trinajstić information content (AvgIpc) is 3.17. The molecule has 1 fully saturated rings. The number of sulfone groups is 1. The van der Waals surface area contributed by atoms with Crippen LogP contribution in [0.4, 0.5) is 10.5 Å². The van der Waals surface area contributed by atoms with Gasteiger partial charge in [-0.2, -0.15) is 5.10 Å². The van der Waals surface area contributed by atoms with Gasteiger partial charge in [0, 0.05) is 18.1 Å². The Balaban J connectivity index is 1.60. The Morgan fingerprint density at radius 1 is 1.52 bits per heavy atom. The van der Waals surface area contributed by atoms with E-state index in [9.17, 15) is 18.3 Å². The smallest absolute Gasteiger partial charge is 0.319 e. The second-order valence-electron chi connectivity index (χ2n) is 5.37. The van der Waals surface area contributed by atoms with Crippen molar-refractivity contribution in [2.45, 2.75) is 12.0 Å². The summed E-state index contributed by atoms with van der Waals surface area (Å²) in [5.41, 5.74) is -0.383. The summed E-state index contributed by atoms with van der Waals surface area (Å²) in [5.74, 6) is -0.404. The Morgan fingerprint density at radius 2 is 2.35 bits per heavy atom. The highest BCUT2D eigenvalue weighted by Gasteiger charge is 2.40. The van der Waals surface area contributed by atoms with Gasteiger partial charge in [0.05, 0.1) is 29.0 Å². The van der Waals surface area contributed by atoms with E-state index in [0.717, 1.165) is 0 Å². The zero-order chi connectivity index (χ0) is 16.5. The number of aliphatic hydroxyl groups is 1. The second-order valence-corrected chi connectivity index (χ2v) is 8.45. The van der Waals surface area contributed by atoms with Crippen LogP contribution in [0.1, 0.15) is 6.42 Å². The van der Waals surface area contributed by atoms with Crippen molar-refractivity contribution in [1.29, 1.82) is 0 Å². The van der Waals surface area contributed by atoms with Crippen molar-refractivity contribution in [3.8, 4) is 10.7 Å². The molecule has 124 valence electrons. The molecule has 0 radical (unpaired) electrons. The third-order valence-corrected chi connectivity index (χ3v) is 6.07. The minimum atomic E-state index is -3.23. The topological polar surface area (TPSA) is 137 Å². The fourth-order valence-electron chi connectivity index (χ4n) is 2.34. The number of urea groups is 1. The van der Waals surface area contributed by atoms with Crippen LogP contribution < -0.4 is 10.6 Å². The van der Waals surface area contributed by atoms with Crippen molar-refractivity contribution in [3.05, 3.63) is 17.8 Å². The summed E-state index contributed by atoms with van der Waals surface area (Å²) in [5, 5.41) is 24.4. The van der Waals surface area contributed by atoms with Gasteiger partial charge in [-0.3, -0.25) is 5.10 Å². The standard InChI is InChI=1S/C12H15N5O4S2/c18-11(14-6-12(19)1-4-23(20,21)7-12)16-8-5-15-17-9(8)10-13-2-3-22-10/h2-3,5,19H,1,4,6-7H2,(H,15,17)(H2,14,16,18). The number of carbonyl (C=O) groups excluding carboxylic acids is 1. The minimum Gasteiger partial charge on any atom is -0.387 e. The number of nitrogens with zero attached hydrogens (tertiary/aromatic N) is 2. The lowest BCUT2D eigenvalue weighted by Gasteiger charge is -2.21. The lowest BCUT2D eigenvalue weighted by atomic mass is 10.0. The monoisotopic (exact) mass is 357 g/mol. The van der Waals surface area contributed by atoms with Gasteiger partial charge in [0.2, 0.25) is 0 Å². The van der Waals surface area contributed by atoms with E-state index in [1.807, 2.05) is 0 Å². The van der Waals surface area contributed by atoms with E-state index in [1.54, 1.807) is 11.6 Å². The molecule has 1 unspecified atom stereocenters. The van der Waals surface area contributed by atoms with Gasteiger partial charge in [-0.25, -0.2) is 18.2 Å². The molecule has 1 atom stereocenters. The number of aromatic amines is 1. The van der Waals surface area contributed by atoms with E-state index >= 15 is 0 Å². The third kappa shape index (κ3) is 3.68. The third-order valence-electron chi connectivity index (χ3n) is 3.48. The summed E-state index contributed by atoms with van der Waals surface area (Å²) >= 11 is 1.39. The molecule has 11 heteroatoms. The molecule has 1 aliphatic rings. The quantitative estimate of drug-likeness (QED) is 0.617. The summed E-state index contributed by atoms with van der Waals surface area (Å²) in [7, 11) is -3.23. The van der Waals surface area contributed by atoms with E-state index in [0.29, 0.717) is 16.4 Å². The van der Waals surface area contributed by atoms with E-state index in [1.165, 1.54) is 17.5 Å². The maximum Gasteiger partial charge on any atom is 0.319 e. The highest BCUT2D eigenvalue weighted by atomic mass is 32.2. The van der Waals surface area contributed by atoms with Crippen LogP contribution in [-0.4, -0.2) is 58.4 Å². The van der Waals surface area contributed by atoms with E-state index in [2.05, 4.69) is 25.8 Å². The lowest BCUT2D eigenvalue weighted by Crippen LogP contribution is -2.45. The molecule has 0 saturated carbocycles. The number of rotatable bonds is 4. The molecule has 0 bridgehead atoms. The van der Waals surface area contributed by atoms with Gasteiger partial charge in [-0.1, -0.05) is 0 Å². The maximum absolute atomic E-state index is 12.0. The van der Waals surface area contributed by atoms with Crippen molar-refractivity contribution in [2.75, 3.05) is 23.4 Å². The van der Waals surface area contributed by atoms with Crippen molar-refractivity contribution < 1.29 is 18.3 Å². The Labute approximate surface area is 136 Å². The first-order chi connectivity index (χ1) is 10.9. The predicted octanol–water partition coefficient (Wildman–Crippen LogP) is 0.204. The molecule has 0 aliphatic carbocycles. The molecule has 2 amide bonds. The molecule has 0 aromatic carbocycles. The number of H-pyrrole nitrogens is 1. The van der Waals surface area contributed by atoms with Crippen LogP contribution in [0.5, 0.6) is 0 Å². The first-order valence-corrected chi connectivity index (χ1v) is 9.48. The van der Waals surface area contributed by atoms with Gasteiger partial charge in [0.15, 0.2) is 9.84 Å². The second kappa shape index (κ2) is 5.91. The van der Waals surface area contributed by atoms with E-state index < -0.39 is 21.5 Å². The van der Waals surface area contributed by atoms with Crippen LogP contribution in [-0.2, 0) is 9.84 Å². The number of aromatic nitrogens is 3. The molecular weight excluding hydrogens is 342 g/mol. The number of hydrogen-bond acceptors (Lipinski definition) is 7. The number of anilines is 1. The largest absolute Gasteiger partial charge is 0.387 e. The number of thiazole rings is 1. The molecule has 1 saturated heterocycles. The summed E-state index contributed by atoms with van der Waals surface area (Å²) in [6.07, 6.45) is 3.21. The van der Waals surface area contributed by atoms with Crippen LogP contribution in [0.2, 0.25) is 0 Å². The first-order valence-electron chi connectivity index (χ1n) is 6.78. The van der Waals surface area contributed by atoms with Crippen molar-refractivity contribution in [3.63, 3.8) is 0 Å². The SMILES string of the molecule is O=C(NCC1(O)CCS(=O)(=O)C1)Nc1cn[nH]c1-c1nccs1. The zero-order valence-electron chi connectivity index (χ0n) is 11.9. The summed E-state index contributed by atoms with van der Waals surface area (Å²) in [6, 6.07) is -0.554. The Bertz CT molecular complexity index is 801. The van der Waals surface area contributed by atoms with E-state index in [-0.39, 0.29) is 24.5 Å². The Kier molecular flexibility index (Phi) is 4.08. The lowest BCUT2D eigenvalue weighted by molar-refractivity contribution is 0.0701. The first kappa shape index (κ1) is 15.9. The number of nitrogens with one attached hydrogen (secondary N) is 3. The van der Waals surface area contributed by atoms with Crippen LogP contribution in [0, 0.1) is 0 Å². The predicted molar refractivity (Wildman–Crippen MR) is 84.9 cm³/mol. The minimum absolute atomic E-state index is 0.0667. The number of amides is 2. The van der Waals surface area contributed by atoms with Crippen molar-refractivity contribution in [2.24, 2.45) is 0 Å². The summed E-state index contributed by atoms with van der Waals surface area (Å²) in [6.45, 7) is -0.136. The van der Waals surface area contributed by atoms with Crippen LogP contribution in [0.25, 0.3) is 10.7 Å².